The summed E-state index contributed by atoms with van der Waals surface area (Å²) in [4.78, 5) is 54.4. The van der Waals surface area contributed by atoms with E-state index in [2.05, 4.69) is 4.98 Å². The summed E-state index contributed by atoms with van der Waals surface area (Å²) in [5.74, 6) is -1.11. The maximum Gasteiger partial charge on any atom is 0.352 e. The molecule has 0 saturated heterocycles. The van der Waals surface area contributed by atoms with Crippen LogP contribution in [0.3, 0.4) is 0 Å². The summed E-state index contributed by atoms with van der Waals surface area (Å²) in [5, 5.41) is 10.4. The molecule has 2 N–H and O–H groups in total. The molecule has 226 valence electrons. The van der Waals surface area contributed by atoms with Crippen LogP contribution in [0.15, 0.2) is 59.5 Å². The van der Waals surface area contributed by atoms with E-state index in [9.17, 15) is 24.3 Å². The van der Waals surface area contributed by atoms with Gasteiger partial charge >= 0.3 is 5.97 Å². The van der Waals surface area contributed by atoms with Gasteiger partial charge in [-0.2, -0.15) is 0 Å². The first kappa shape index (κ1) is 31.7. The van der Waals surface area contributed by atoms with Crippen molar-refractivity contribution in [3.8, 4) is 16.9 Å². The Labute approximate surface area is 254 Å². The number of hydrogen-bond donors (Lipinski definition) is 2. The van der Waals surface area contributed by atoms with Gasteiger partial charge in [0.2, 0.25) is 0 Å². The average Bonchev–Trinajstić information content (AvgIpc) is 3.38. The Balaban J connectivity index is 1.75. The number of carboxylic acid groups (broad SMARTS) is 1. The van der Waals surface area contributed by atoms with Crippen molar-refractivity contribution in [2.24, 2.45) is 0 Å². The molecule has 0 saturated carbocycles. The van der Waals surface area contributed by atoms with E-state index < -0.39 is 23.2 Å². The number of ether oxygens (including phenoxy) is 2. The van der Waals surface area contributed by atoms with Crippen molar-refractivity contribution < 1.29 is 29.0 Å². The first-order chi connectivity index (χ1) is 20.3. The molecule has 43 heavy (non-hydrogen) atoms. The van der Waals surface area contributed by atoms with Crippen LogP contribution in [0.1, 0.15) is 73.0 Å². The van der Waals surface area contributed by atoms with Gasteiger partial charge in [0.25, 0.3) is 5.56 Å². The van der Waals surface area contributed by atoms with Gasteiger partial charge in [-0.25, -0.2) is 4.79 Å². The predicted molar refractivity (Wildman–Crippen MR) is 166 cm³/mol. The summed E-state index contributed by atoms with van der Waals surface area (Å²) >= 11 is 6.27. The molecule has 0 aliphatic carbocycles. The van der Waals surface area contributed by atoms with Crippen LogP contribution in [0.25, 0.3) is 22.0 Å². The topological polar surface area (TPSA) is 128 Å². The highest BCUT2D eigenvalue weighted by molar-refractivity contribution is 6.31. The van der Waals surface area contributed by atoms with Crippen molar-refractivity contribution in [3.05, 3.63) is 86.9 Å². The molecule has 0 fully saturated rings. The normalized spacial score (nSPS) is 12.3. The van der Waals surface area contributed by atoms with E-state index in [4.69, 9.17) is 21.1 Å². The molecule has 0 amide bonds. The van der Waals surface area contributed by atoms with Gasteiger partial charge < -0.3 is 24.1 Å². The highest BCUT2D eigenvalue weighted by atomic mass is 35.5. The van der Waals surface area contributed by atoms with Gasteiger partial charge in [-0.15, -0.1) is 0 Å². The number of methoxy groups -OCH3 is 1. The van der Waals surface area contributed by atoms with Crippen LogP contribution in [-0.4, -0.2) is 51.5 Å². The summed E-state index contributed by atoms with van der Waals surface area (Å²) in [5.41, 5.74) is 1.75. The molecule has 0 aliphatic rings. The van der Waals surface area contributed by atoms with Crippen LogP contribution in [0.4, 0.5) is 0 Å². The Kier molecular flexibility index (Phi) is 9.57. The molecule has 10 heteroatoms. The lowest BCUT2D eigenvalue weighted by Crippen LogP contribution is -2.32. The molecule has 4 rings (SSSR count). The number of carbonyl (C=O) groups is 3. The number of rotatable bonds is 12. The number of pyridine rings is 1. The molecule has 0 spiro atoms. The Hall–Kier alpha value is -4.21. The highest BCUT2D eigenvalue weighted by Gasteiger charge is 2.26. The lowest BCUT2D eigenvalue weighted by atomic mass is 9.95. The summed E-state index contributed by atoms with van der Waals surface area (Å²) in [7, 11) is 1.45. The molecule has 0 aliphatic heterocycles. The Morgan fingerprint density at radius 2 is 1.79 bits per heavy atom. The van der Waals surface area contributed by atoms with Gasteiger partial charge in [0, 0.05) is 52.6 Å². The molecule has 0 radical (unpaired) electrons. The van der Waals surface area contributed by atoms with Crippen LogP contribution in [0, 0.1) is 0 Å². The Bertz CT molecular complexity index is 1750. The summed E-state index contributed by atoms with van der Waals surface area (Å²) in [6.07, 6.45) is 1.99. The van der Waals surface area contributed by atoms with E-state index in [-0.39, 0.29) is 43.1 Å². The fourth-order valence-corrected chi connectivity index (χ4v) is 5.15. The Morgan fingerprint density at radius 1 is 1.05 bits per heavy atom. The van der Waals surface area contributed by atoms with Crippen molar-refractivity contribution in [1.29, 1.82) is 0 Å². The number of Topliss-reactive ketones (excluding diaryl/α,β-unsaturated/α-hetero) is 2. The minimum atomic E-state index is -1.08. The number of carbonyl (C=O) groups excluding carboxylic acids is 2. The maximum absolute atomic E-state index is 13.8. The number of carboxylic acids is 1. The second-order valence-corrected chi connectivity index (χ2v) is 11.7. The zero-order chi connectivity index (χ0) is 31.5. The Morgan fingerprint density at radius 3 is 2.44 bits per heavy atom. The van der Waals surface area contributed by atoms with Crippen LogP contribution in [0.2, 0.25) is 5.02 Å². The van der Waals surface area contributed by atoms with Crippen molar-refractivity contribution in [2.45, 2.75) is 58.6 Å². The lowest BCUT2D eigenvalue weighted by Gasteiger charge is -2.24. The molecule has 1 atom stereocenters. The number of nitrogens with one attached hydrogen (secondary N) is 1. The van der Waals surface area contributed by atoms with Crippen molar-refractivity contribution in [3.63, 3.8) is 0 Å². The SMILES string of the molecule is CCC(=O)c1ccc(Cl)cc1-c1cc(=O)n(C(CCOC(C)(C)C)C(=O)Cc2ccc3[nH]c(C(=O)O)cc3c2)cc1OC. The lowest BCUT2D eigenvalue weighted by molar-refractivity contribution is -0.122. The third kappa shape index (κ3) is 7.42. The molecular formula is C33H35ClN2O7. The number of nitrogens with zero attached hydrogens (tertiary/aromatic N) is 1. The number of fused-ring (bicyclic) bond motifs is 1. The summed E-state index contributed by atoms with van der Waals surface area (Å²) in [6.45, 7) is 7.70. The minimum absolute atomic E-state index is 0.00363. The molecule has 0 bridgehead atoms. The van der Waals surface area contributed by atoms with Gasteiger partial charge in [-0.3, -0.25) is 14.4 Å². The van der Waals surface area contributed by atoms with Crippen LogP contribution in [-0.2, 0) is 16.0 Å². The maximum atomic E-state index is 13.8. The zero-order valence-corrected chi connectivity index (χ0v) is 25.6. The molecule has 2 heterocycles. The number of ketones is 2. The smallest absolute Gasteiger partial charge is 0.352 e. The number of benzene rings is 2. The van der Waals surface area contributed by atoms with E-state index in [1.807, 2.05) is 20.8 Å². The van der Waals surface area contributed by atoms with Crippen LogP contribution < -0.4 is 10.3 Å². The van der Waals surface area contributed by atoms with Crippen LogP contribution >= 0.6 is 11.6 Å². The molecule has 4 aromatic rings. The van der Waals surface area contributed by atoms with Gasteiger partial charge in [-0.05, 0) is 74.7 Å². The number of aromatic carboxylic acids is 1. The first-order valence-electron chi connectivity index (χ1n) is 14.0. The second kappa shape index (κ2) is 13.0. The number of halogens is 1. The van der Waals surface area contributed by atoms with E-state index in [1.165, 1.54) is 30.0 Å². The number of aromatic amines is 1. The monoisotopic (exact) mass is 606 g/mol. The van der Waals surface area contributed by atoms with Gasteiger partial charge in [0.15, 0.2) is 11.6 Å². The van der Waals surface area contributed by atoms with E-state index in [1.54, 1.807) is 43.3 Å². The summed E-state index contributed by atoms with van der Waals surface area (Å²) < 4.78 is 12.9. The molecule has 9 nitrogen and oxygen atoms in total. The molecular weight excluding hydrogens is 572 g/mol. The van der Waals surface area contributed by atoms with Crippen molar-refractivity contribution in [2.75, 3.05) is 13.7 Å². The third-order valence-electron chi connectivity index (χ3n) is 7.09. The van der Waals surface area contributed by atoms with E-state index in [0.717, 1.165) is 0 Å². The first-order valence-corrected chi connectivity index (χ1v) is 14.3. The fourth-order valence-electron chi connectivity index (χ4n) is 4.98. The molecule has 1 unspecified atom stereocenters. The van der Waals surface area contributed by atoms with Gasteiger partial charge in [0.05, 0.1) is 24.9 Å². The van der Waals surface area contributed by atoms with Gasteiger partial charge in [0.1, 0.15) is 11.4 Å². The largest absolute Gasteiger partial charge is 0.495 e. The number of hydrogen-bond acceptors (Lipinski definition) is 6. The average molecular weight is 607 g/mol. The van der Waals surface area contributed by atoms with E-state index in [0.29, 0.717) is 43.9 Å². The zero-order valence-electron chi connectivity index (χ0n) is 24.8. The predicted octanol–water partition coefficient (Wildman–Crippen LogP) is 6.51. The standard InChI is InChI=1S/C33H35ClN2O7/c1-6-28(37)22-9-8-21(34)16-23(22)24-17-31(39)36(18-30(24)42-5)27(11-12-43-33(2,3)4)29(38)14-19-7-10-25-20(13-19)15-26(35-25)32(40)41/h7-10,13,15-18,27,35H,6,11-12,14H2,1-5H3,(H,40,41). The number of H-pyrrole nitrogens is 1. The number of aromatic nitrogens is 2. The quantitative estimate of drug-likeness (QED) is 0.176. The summed E-state index contributed by atoms with van der Waals surface area (Å²) in [6, 6.07) is 12.1. The second-order valence-electron chi connectivity index (χ2n) is 11.3. The fraction of sp³-hybridized carbons (Fsp3) is 0.333. The van der Waals surface area contributed by atoms with Crippen molar-refractivity contribution >= 4 is 40.0 Å². The highest BCUT2D eigenvalue weighted by Crippen LogP contribution is 2.34. The van der Waals surface area contributed by atoms with Crippen molar-refractivity contribution in [1.82, 2.24) is 9.55 Å². The van der Waals surface area contributed by atoms with E-state index >= 15 is 0 Å². The minimum Gasteiger partial charge on any atom is -0.495 e. The molecule has 2 aromatic heterocycles. The van der Waals surface area contributed by atoms with Gasteiger partial charge in [-0.1, -0.05) is 24.6 Å². The van der Waals surface area contributed by atoms with Crippen LogP contribution in [0.5, 0.6) is 5.75 Å². The third-order valence-corrected chi connectivity index (χ3v) is 7.32. The molecule has 2 aromatic carbocycles.